The number of nitro benzene ring substituents is 2. The van der Waals surface area contributed by atoms with E-state index in [1.165, 1.54) is 13.8 Å². The number of hydrogen-bond donors (Lipinski definition) is 0. The van der Waals surface area contributed by atoms with Gasteiger partial charge in [-0.1, -0.05) is 12.1 Å². The van der Waals surface area contributed by atoms with Crippen LogP contribution < -0.4 is 14.2 Å². The second-order valence-corrected chi connectivity index (χ2v) is 10.8. The van der Waals surface area contributed by atoms with Crippen LogP contribution in [0.25, 0.3) is 22.3 Å². The van der Waals surface area contributed by atoms with Gasteiger partial charge in [0.15, 0.2) is 13.2 Å². The first-order chi connectivity index (χ1) is 25.8. The van der Waals surface area contributed by atoms with Gasteiger partial charge < -0.3 is 23.7 Å². The Hall–Kier alpha value is -6.54. The molecule has 0 fully saturated rings. The number of carbonyl (C=O) groups excluding carboxylic acids is 2. The highest BCUT2D eigenvalue weighted by Crippen LogP contribution is 2.51. The zero-order valence-electron chi connectivity index (χ0n) is 28.0. The summed E-state index contributed by atoms with van der Waals surface area (Å²) in [6, 6.07) is 4.88. The number of carbonyl (C=O) groups is 2. The first kappa shape index (κ1) is 41.2. The van der Waals surface area contributed by atoms with Gasteiger partial charge in [0.05, 0.1) is 45.3 Å². The fourth-order valence-corrected chi connectivity index (χ4v) is 4.94. The third-order valence-electron chi connectivity index (χ3n) is 7.22. The highest BCUT2D eigenvalue weighted by atomic mass is 19.4. The second kappa shape index (κ2) is 16.6. The fraction of sp³-hybridized carbons (Fsp3) is 0.235. The number of nitrogens with zero attached hydrogens (tertiary/aromatic N) is 2. The summed E-state index contributed by atoms with van der Waals surface area (Å²) >= 11 is 0. The number of esters is 2. The van der Waals surface area contributed by atoms with Crippen molar-refractivity contribution in [3.8, 4) is 45.3 Å². The van der Waals surface area contributed by atoms with Gasteiger partial charge in [-0.25, -0.2) is 18.4 Å². The van der Waals surface area contributed by atoms with Crippen molar-refractivity contribution in [3.63, 3.8) is 0 Å². The number of nitro groups is 2. The van der Waals surface area contributed by atoms with E-state index in [9.17, 15) is 56.2 Å². The van der Waals surface area contributed by atoms with E-state index in [1.54, 1.807) is 0 Å². The molecule has 0 N–H and O–H groups in total. The summed E-state index contributed by atoms with van der Waals surface area (Å²) in [6.07, 6.45) is -10.1. The van der Waals surface area contributed by atoms with Crippen molar-refractivity contribution in [2.24, 2.45) is 0 Å². The minimum atomic E-state index is -5.07. The summed E-state index contributed by atoms with van der Waals surface area (Å²) in [5.41, 5.74) is -8.30. The Kier molecular flexibility index (Phi) is 12.5. The number of halogens is 8. The van der Waals surface area contributed by atoms with Crippen LogP contribution in [0.15, 0.2) is 60.7 Å². The lowest BCUT2D eigenvalue weighted by atomic mass is 9.98. The van der Waals surface area contributed by atoms with Gasteiger partial charge in [0.2, 0.25) is 11.5 Å². The Balaban J connectivity index is 2.08. The molecule has 0 heterocycles. The summed E-state index contributed by atoms with van der Waals surface area (Å²) in [4.78, 5) is 46.4. The fourth-order valence-electron chi connectivity index (χ4n) is 4.94. The monoisotopic (exact) mass is 788 g/mol. The topological polar surface area (TPSA) is 167 Å². The summed E-state index contributed by atoms with van der Waals surface area (Å²) in [6.45, 7) is 0.306. The van der Waals surface area contributed by atoms with Gasteiger partial charge in [-0.2, -0.15) is 26.3 Å². The molecule has 4 aromatic carbocycles. The summed E-state index contributed by atoms with van der Waals surface area (Å²) in [7, 11) is 0. The third kappa shape index (κ3) is 9.53. The normalized spacial score (nSPS) is 11.5. The smallest absolute Gasteiger partial charge is 0.416 e. The Labute approximate surface area is 303 Å². The lowest BCUT2D eigenvalue weighted by Crippen LogP contribution is -2.16. The molecule has 4 aromatic rings. The predicted molar refractivity (Wildman–Crippen MR) is 171 cm³/mol. The highest BCUT2D eigenvalue weighted by Gasteiger charge is 2.36. The molecule has 0 aliphatic carbocycles. The van der Waals surface area contributed by atoms with Gasteiger partial charge in [0.1, 0.15) is 23.1 Å². The molecule has 0 aromatic heterocycles. The molecule has 4 rings (SSSR count). The van der Waals surface area contributed by atoms with Crippen LogP contribution in [-0.4, -0.2) is 48.2 Å². The van der Waals surface area contributed by atoms with E-state index in [1.807, 2.05) is 0 Å². The third-order valence-corrected chi connectivity index (χ3v) is 7.22. The zero-order valence-corrected chi connectivity index (χ0v) is 28.0. The molecule has 0 amide bonds. The largest absolute Gasteiger partial charge is 0.474 e. The van der Waals surface area contributed by atoms with Gasteiger partial charge in [-0.15, -0.1) is 0 Å². The molecule has 21 heteroatoms. The number of hydrogen-bond acceptors (Lipinski definition) is 11. The van der Waals surface area contributed by atoms with E-state index < -0.39 is 127 Å². The van der Waals surface area contributed by atoms with E-state index in [-0.39, 0.29) is 25.3 Å². The molecule has 0 saturated heterocycles. The van der Waals surface area contributed by atoms with Crippen molar-refractivity contribution in [2.75, 3.05) is 26.4 Å². The first-order valence-electron chi connectivity index (χ1n) is 15.4. The quantitative estimate of drug-likeness (QED) is 0.0518. The predicted octanol–water partition coefficient (Wildman–Crippen LogP) is 8.83. The number of ether oxygens (including phenoxy) is 5. The van der Waals surface area contributed by atoms with Crippen molar-refractivity contribution >= 4 is 23.3 Å². The maximum Gasteiger partial charge on any atom is 0.416 e. The van der Waals surface area contributed by atoms with Crippen LogP contribution in [0.2, 0.25) is 0 Å². The van der Waals surface area contributed by atoms with Crippen LogP contribution in [-0.2, 0) is 31.4 Å². The summed E-state index contributed by atoms with van der Waals surface area (Å²) < 4.78 is 138. The molecule has 292 valence electrons. The van der Waals surface area contributed by atoms with Crippen molar-refractivity contribution < 1.29 is 78.2 Å². The summed E-state index contributed by atoms with van der Waals surface area (Å²) in [5.74, 6) is -8.92. The van der Waals surface area contributed by atoms with Crippen molar-refractivity contribution in [3.05, 3.63) is 104 Å². The van der Waals surface area contributed by atoms with E-state index in [0.717, 1.165) is 12.1 Å². The van der Waals surface area contributed by atoms with Crippen LogP contribution in [0.4, 0.5) is 46.5 Å². The van der Waals surface area contributed by atoms with Crippen LogP contribution in [0, 0.1) is 31.9 Å². The van der Waals surface area contributed by atoms with Crippen molar-refractivity contribution in [1.29, 1.82) is 0 Å². The molecular weight excluding hydrogens is 764 g/mol. The lowest BCUT2D eigenvalue weighted by Gasteiger charge is -2.20. The average Bonchev–Trinajstić information content (AvgIpc) is 3.09. The maximum absolute atomic E-state index is 15.6. The van der Waals surface area contributed by atoms with Gasteiger partial charge in [0.25, 0.3) is 0 Å². The SMILES string of the molecule is CCOC(=O)COc1c([N+](=O)[O-])ccc(Oc2ccc([N+](=O)[O-])c(OCC(=O)OCC)c2-c2ccc(C(F)(F)F)cc2F)c1-c1ccc(C(F)(F)F)cc1F. The molecular formula is C34H24F8N2O11. The maximum atomic E-state index is 15.6. The van der Waals surface area contributed by atoms with Crippen LogP contribution in [0.1, 0.15) is 25.0 Å². The van der Waals surface area contributed by atoms with E-state index in [4.69, 9.17) is 23.7 Å². The van der Waals surface area contributed by atoms with Crippen molar-refractivity contribution in [2.45, 2.75) is 26.2 Å². The highest BCUT2D eigenvalue weighted by molar-refractivity contribution is 5.86. The lowest BCUT2D eigenvalue weighted by molar-refractivity contribution is -0.385. The Morgan fingerprint density at radius 1 is 0.618 bits per heavy atom. The minimum absolute atomic E-state index is 0.0310. The number of rotatable bonds is 14. The Morgan fingerprint density at radius 3 is 1.27 bits per heavy atom. The van der Waals surface area contributed by atoms with Gasteiger partial charge >= 0.3 is 35.7 Å². The van der Waals surface area contributed by atoms with E-state index in [0.29, 0.717) is 36.4 Å². The van der Waals surface area contributed by atoms with Crippen LogP contribution in [0.5, 0.6) is 23.0 Å². The molecule has 0 saturated carbocycles. The molecule has 0 unspecified atom stereocenters. The van der Waals surface area contributed by atoms with Crippen LogP contribution >= 0.6 is 0 Å². The minimum Gasteiger partial charge on any atom is -0.474 e. The zero-order chi connectivity index (χ0) is 40.8. The van der Waals surface area contributed by atoms with Gasteiger partial charge in [-0.3, -0.25) is 20.2 Å². The van der Waals surface area contributed by atoms with E-state index in [2.05, 4.69) is 0 Å². The molecule has 0 spiro atoms. The molecule has 0 bridgehead atoms. The second-order valence-electron chi connectivity index (χ2n) is 10.8. The standard InChI is InChI=1S/C34H24F8N2O11/c1-3-51-27(45)15-53-31-23(43(47)48)9-11-25(29(31)19-7-5-17(13-21(19)35)33(37,38)39)55-26-12-10-24(44(49)50)32(54-16-28(46)52-4-2)30(26)20-8-6-18(14-22(20)36)34(40,41)42/h5-14H,3-4,15-16H2,1-2H3. The molecule has 55 heavy (non-hydrogen) atoms. The van der Waals surface area contributed by atoms with E-state index >= 15 is 8.78 Å². The Bertz CT molecular complexity index is 1990. The molecule has 0 radical (unpaired) electrons. The van der Waals surface area contributed by atoms with Crippen molar-refractivity contribution in [1.82, 2.24) is 0 Å². The molecule has 0 aliphatic rings. The molecule has 0 atom stereocenters. The van der Waals surface area contributed by atoms with Crippen LogP contribution in [0.3, 0.4) is 0 Å². The number of benzene rings is 4. The summed E-state index contributed by atoms with van der Waals surface area (Å²) in [5, 5.41) is 24.2. The Morgan fingerprint density at radius 2 is 0.982 bits per heavy atom. The van der Waals surface area contributed by atoms with Gasteiger partial charge in [-0.05, 0) is 50.2 Å². The molecule has 0 aliphatic heterocycles. The average molecular weight is 789 g/mol. The van der Waals surface area contributed by atoms with Gasteiger partial charge in [0, 0.05) is 23.3 Å². The molecule has 13 nitrogen and oxygen atoms in total. The number of alkyl halides is 6. The first-order valence-corrected chi connectivity index (χ1v) is 15.4.